The molecule has 1 aliphatic heterocycles. The minimum Gasteiger partial charge on any atom is -0.493 e. The van der Waals surface area contributed by atoms with E-state index in [1.165, 1.54) is 38.4 Å². The van der Waals surface area contributed by atoms with Gasteiger partial charge in [0.05, 0.1) is 34.0 Å². The highest BCUT2D eigenvalue weighted by Gasteiger charge is 2.40. The van der Waals surface area contributed by atoms with E-state index < -0.39 is 24.0 Å². The molecule has 0 spiro atoms. The van der Waals surface area contributed by atoms with Gasteiger partial charge in [0.25, 0.3) is 5.91 Å². The van der Waals surface area contributed by atoms with Crippen molar-refractivity contribution in [3.8, 4) is 17.2 Å². The molecule has 1 aliphatic rings. The molecule has 25 heavy (non-hydrogen) atoms. The van der Waals surface area contributed by atoms with Crippen molar-refractivity contribution in [3.63, 3.8) is 0 Å². The van der Waals surface area contributed by atoms with Crippen molar-refractivity contribution in [2.45, 2.75) is 25.5 Å². The second-order valence-corrected chi connectivity index (χ2v) is 5.53. The summed E-state index contributed by atoms with van der Waals surface area (Å²) < 4.78 is 20.7. The summed E-state index contributed by atoms with van der Waals surface area (Å²) in [6, 6.07) is 2.20. The van der Waals surface area contributed by atoms with Crippen molar-refractivity contribution in [1.29, 1.82) is 0 Å². The largest absolute Gasteiger partial charge is 0.493 e. The topological polar surface area (TPSA) is 94.5 Å². The number of likely N-dealkylation sites (tertiary alicyclic amines) is 1. The average molecular weight is 353 g/mol. The van der Waals surface area contributed by atoms with Crippen molar-refractivity contribution >= 4 is 11.9 Å². The number of hydrogen-bond donors (Lipinski definition) is 1. The Bertz CT molecular complexity index is 621. The van der Waals surface area contributed by atoms with Gasteiger partial charge in [0, 0.05) is 18.5 Å². The molecule has 0 saturated carbocycles. The number of methoxy groups -OCH3 is 3. The minimum atomic E-state index is -0.818. The third kappa shape index (κ3) is 3.79. The van der Waals surface area contributed by atoms with Gasteiger partial charge in [0.15, 0.2) is 11.5 Å². The van der Waals surface area contributed by atoms with Crippen LogP contribution in [-0.4, -0.2) is 68.5 Å². The predicted molar refractivity (Wildman–Crippen MR) is 88.2 cm³/mol. The summed E-state index contributed by atoms with van der Waals surface area (Å²) in [4.78, 5) is 26.3. The van der Waals surface area contributed by atoms with Gasteiger partial charge in [-0.2, -0.15) is 0 Å². The third-order valence-corrected chi connectivity index (χ3v) is 4.01. The number of benzene rings is 1. The molecule has 0 aliphatic carbocycles. The second kappa shape index (κ2) is 8.06. The lowest BCUT2D eigenvalue weighted by Crippen LogP contribution is -2.41. The van der Waals surface area contributed by atoms with Crippen LogP contribution in [0.4, 0.5) is 0 Å². The molecule has 1 heterocycles. The lowest BCUT2D eigenvalue weighted by molar-refractivity contribution is -0.147. The fraction of sp³-hybridized carbons (Fsp3) is 0.529. The van der Waals surface area contributed by atoms with Gasteiger partial charge < -0.3 is 29.0 Å². The van der Waals surface area contributed by atoms with Crippen LogP contribution in [-0.2, 0) is 9.53 Å². The number of rotatable bonds is 6. The van der Waals surface area contributed by atoms with Crippen LogP contribution in [0.15, 0.2) is 12.1 Å². The molecule has 1 aromatic rings. The van der Waals surface area contributed by atoms with E-state index in [4.69, 9.17) is 18.9 Å². The number of aliphatic hydroxyl groups is 1. The number of carbonyl (C=O) groups excluding carboxylic acids is 2. The van der Waals surface area contributed by atoms with Crippen molar-refractivity contribution in [3.05, 3.63) is 17.7 Å². The average Bonchev–Trinajstić information content (AvgIpc) is 3.01. The van der Waals surface area contributed by atoms with E-state index in [0.29, 0.717) is 17.2 Å². The fourth-order valence-corrected chi connectivity index (χ4v) is 2.87. The molecule has 1 N–H and O–H groups in total. The summed E-state index contributed by atoms with van der Waals surface area (Å²) >= 11 is 0. The van der Waals surface area contributed by atoms with Crippen LogP contribution in [0.2, 0.25) is 0 Å². The van der Waals surface area contributed by atoms with Gasteiger partial charge in [0.2, 0.25) is 5.75 Å². The first-order valence-electron chi connectivity index (χ1n) is 7.92. The summed E-state index contributed by atoms with van der Waals surface area (Å²) in [6.07, 6.45) is -0.630. The number of carbonyl (C=O) groups is 2. The fourth-order valence-electron chi connectivity index (χ4n) is 2.87. The van der Waals surface area contributed by atoms with Crippen molar-refractivity contribution < 1.29 is 33.6 Å². The lowest BCUT2D eigenvalue weighted by Gasteiger charge is -2.23. The maximum Gasteiger partial charge on any atom is 0.328 e. The number of aliphatic hydroxyl groups excluding tert-OH is 1. The molecule has 2 rings (SSSR count). The van der Waals surface area contributed by atoms with Crippen molar-refractivity contribution in [2.75, 3.05) is 34.5 Å². The molecule has 0 bridgehead atoms. The molecule has 0 unspecified atom stereocenters. The maximum atomic E-state index is 12.9. The van der Waals surface area contributed by atoms with Crippen LogP contribution >= 0.6 is 0 Å². The summed E-state index contributed by atoms with van der Waals surface area (Å²) in [5, 5.41) is 9.90. The van der Waals surface area contributed by atoms with Gasteiger partial charge in [-0.15, -0.1) is 0 Å². The summed E-state index contributed by atoms with van der Waals surface area (Å²) in [6.45, 7) is 1.95. The lowest BCUT2D eigenvalue weighted by atomic mass is 10.1. The highest BCUT2D eigenvalue weighted by molar-refractivity contribution is 5.98. The van der Waals surface area contributed by atoms with Crippen LogP contribution in [0.3, 0.4) is 0 Å². The van der Waals surface area contributed by atoms with Crippen LogP contribution in [0.5, 0.6) is 17.2 Å². The van der Waals surface area contributed by atoms with Gasteiger partial charge >= 0.3 is 5.97 Å². The van der Waals surface area contributed by atoms with E-state index in [9.17, 15) is 14.7 Å². The maximum absolute atomic E-state index is 12.9. The number of β-amino-alcohol motifs (C(OH)–C–C–N with tert-alkyl or cyclic N) is 1. The zero-order valence-electron chi connectivity index (χ0n) is 14.8. The first kappa shape index (κ1) is 18.9. The molecule has 1 aromatic carbocycles. The molecule has 8 nitrogen and oxygen atoms in total. The molecule has 138 valence electrons. The number of ether oxygens (including phenoxy) is 4. The number of esters is 1. The van der Waals surface area contributed by atoms with Gasteiger partial charge in [0.1, 0.15) is 6.04 Å². The normalized spacial score (nSPS) is 19.5. The van der Waals surface area contributed by atoms with Gasteiger partial charge in [-0.05, 0) is 19.1 Å². The molecule has 1 fully saturated rings. The summed E-state index contributed by atoms with van der Waals surface area (Å²) in [5.74, 6) is 0.0777. The molecule has 0 aromatic heterocycles. The molecule has 0 radical (unpaired) electrons. The Morgan fingerprint density at radius 1 is 1.16 bits per heavy atom. The Morgan fingerprint density at radius 3 is 2.24 bits per heavy atom. The Hall–Kier alpha value is -2.48. The zero-order chi connectivity index (χ0) is 18.6. The number of hydrogen-bond acceptors (Lipinski definition) is 7. The van der Waals surface area contributed by atoms with E-state index in [-0.39, 0.29) is 25.1 Å². The second-order valence-electron chi connectivity index (χ2n) is 5.53. The Balaban J connectivity index is 2.37. The van der Waals surface area contributed by atoms with Gasteiger partial charge in [-0.3, -0.25) is 4.79 Å². The van der Waals surface area contributed by atoms with Crippen LogP contribution in [0.1, 0.15) is 23.7 Å². The predicted octanol–water partition coefficient (Wildman–Crippen LogP) is 0.851. The van der Waals surface area contributed by atoms with Crippen LogP contribution in [0, 0.1) is 0 Å². The number of amides is 1. The number of nitrogens with zero attached hydrogens (tertiary/aromatic N) is 1. The molecular formula is C17H23NO7. The molecule has 8 heteroatoms. The highest BCUT2D eigenvalue weighted by atomic mass is 16.5. The van der Waals surface area contributed by atoms with E-state index in [1.54, 1.807) is 6.92 Å². The molecule has 1 amide bonds. The van der Waals surface area contributed by atoms with Crippen molar-refractivity contribution in [2.24, 2.45) is 0 Å². The highest BCUT2D eigenvalue weighted by Crippen LogP contribution is 2.39. The molecule has 2 atom stereocenters. The zero-order valence-corrected chi connectivity index (χ0v) is 14.8. The standard InChI is InChI=1S/C17H23NO7/c1-5-25-17(21)12-8-11(19)9-18(12)16(20)10-6-13(22-2)15(24-4)14(7-10)23-3/h6-7,11-12,19H,5,8-9H2,1-4H3/t11-,12+/m1/s1. The first-order chi connectivity index (χ1) is 12.0. The van der Waals surface area contributed by atoms with Crippen molar-refractivity contribution in [1.82, 2.24) is 4.90 Å². The summed E-state index contributed by atoms with van der Waals surface area (Å²) in [7, 11) is 4.37. The molecular weight excluding hydrogens is 330 g/mol. The monoisotopic (exact) mass is 353 g/mol. The first-order valence-corrected chi connectivity index (χ1v) is 7.92. The minimum absolute atomic E-state index is 0.0545. The van der Waals surface area contributed by atoms with E-state index in [0.717, 1.165) is 0 Å². The SMILES string of the molecule is CCOC(=O)[C@@H]1C[C@@H](O)CN1C(=O)c1cc(OC)c(OC)c(OC)c1. The Labute approximate surface area is 146 Å². The van der Waals surface area contributed by atoms with E-state index >= 15 is 0 Å². The van der Waals surface area contributed by atoms with Gasteiger partial charge in [-0.1, -0.05) is 0 Å². The Morgan fingerprint density at radius 2 is 1.76 bits per heavy atom. The summed E-state index contributed by atoms with van der Waals surface area (Å²) in [5.41, 5.74) is 0.262. The molecule has 1 saturated heterocycles. The van der Waals surface area contributed by atoms with Crippen LogP contribution < -0.4 is 14.2 Å². The van der Waals surface area contributed by atoms with Crippen LogP contribution in [0.25, 0.3) is 0 Å². The van der Waals surface area contributed by atoms with E-state index in [1.807, 2.05) is 0 Å². The third-order valence-electron chi connectivity index (χ3n) is 4.01. The van der Waals surface area contributed by atoms with Gasteiger partial charge in [-0.25, -0.2) is 4.79 Å². The smallest absolute Gasteiger partial charge is 0.328 e. The van der Waals surface area contributed by atoms with E-state index in [2.05, 4.69) is 0 Å². The quantitative estimate of drug-likeness (QED) is 0.758. The Kier molecular flexibility index (Phi) is 6.08.